The topological polar surface area (TPSA) is 81.5 Å². The van der Waals surface area contributed by atoms with Gasteiger partial charge in [0.25, 0.3) is 5.69 Å². The van der Waals surface area contributed by atoms with Crippen molar-refractivity contribution in [2.75, 3.05) is 11.9 Å². The third-order valence-corrected chi connectivity index (χ3v) is 4.10. The van der Waals surface area contributed by atoms with E-state index < -0.39 is 4.92 Å². The Morgan fingerprint density at radius 2 is 2.04 bits per heavy atom. The second kappa shape index (κ2) is 7.17. The van der Waals surface area contributed by atoms with E-state index in [1.54, 1.807) is 18.3 Å². The van der Waals surface area contributed by atoms with Gasteiger partial charge in [0.1, 0.15) is 11.4 Å². The van der Waals surface area contributed by atoms with Crippen LogP contribution in [0.15, 0.2) is 54.2 Å². The second-order valence-electron chi connectivity index (χ2n) is 5.67. The van der Waals surface area contributed by atoms with Crippen LogP contribution >= 0.6 is 0 Å². The molecule has 1 aliphatic carbocycles. The van der Waals surface area contributed by atoms with Crippen LogP contribution in [-0.2, 0) is 6.42 Å². The van der Waals surface area contributed by atoms with E-state index in [0.717, 1.165) is 12.0 Å². The maximum atomic E-state index is 12.5. The maximum Gasteiger partial charge on any atom is 0.296 e. The van der Waals surface area contributed by atoms with Gasteiger partial charge in [-0.1, -0.05) is 24.3 Å². The van der Waals surface area contributed by atoms with Gasteiger partial charge in [-0.25, -0.2) is 0 Å². The molecule has 0 fully saturated rings. The fourth-order valence-electron chi connectivity index (χ4n) is 2.86. The quantitative estimate of drug-likeness (QED) is 0.504. The number of anilines is 1. The summed E-state index contributed by atoms with van der Waals surface area (Å²) in [6.07, 6.45) is 2.95. The van der Waals surface area contributed by atoms with E-state index in [2.05, 4.69) is 5.32 Å². The Hall–Kier alpha value is -3.15. The number of carbonyl (C=O) groups excluding carboxylic acids is 1. The molecule has 0 saturated carbocycles. The van der Waals surface area contributed by atoms with Gasteiger partial charge < -0.3 is 10.1 Å². The first-order valence-electron chi connectivity index (χ1n) is 8.09. The average molecular weight is 338 g/mol. The standard InChI is InChI=1S/C19H18N2O4/c1-2-25-15-9-10-17(18(11-15)21(23)24)20-12-14-8-7-13-5-3-4-6-16(13)19(14)22/h3-6,9-12,20H,2,7-8H2,1H3/b14-12-. The van der Waals surface area contributed by atoms with Crippen LogP contribution in [0.3, 0.4) is 0 Å². The molecule has 0 unspecified atom stereocenters. The third kappa shape index (κ3) is 3.52. The minimum atomic E-state index is -0.471. The predicted molar refractivity (Wildman–Crippen MR) is 95.1 cm³/mol. The number of ether oxygens (including phenoxy) is 1. The number of Topliss-reactive ketones (excluding diaryl/α,β-unsaturated/α-hetero) is 1. The highest BCUT2D eigenvalue weighted by Crippen LogP contribution is 2.30. The van der Waals surface area contributed by atoms with Gasteiger partial charge in [-0.2, -0.15) is 0 Å². The van der Waals surface area contributed by atoms with Crippen molar-refractivity contribution in [2.45, 2.75) is 19.8 Å². The summed E-state index contributed by atoms with van der Waals surface area (Å²) < 4.78 is 5.30. The van der Waals surface area contributed by atoms with Crippen molar-refractivity contribution in [1.29, 1.82) is 0 Å². The number of aryl methyl sites for hydroxylation is 1. The summed E-state index contributed by atoms with van der Waals surface area (Å²) in [4.78, 5) is 23.3. The minimum Gasteiger partial charge on any atom is -0.494 e. The lowest BCUT2D eigenvalue weighted by Crippen LogP contribution is -2.15. The van der Waals surface area contributed by atoms with Crippen molar-refractivity contribution in [3.63, 3.8) is 0 Å². The number of nitro groups is 1. The van der Waals surface area contributed by atoms with E-state index in [9.17, 15) is 14.9 Å². The normalized spacial score (nSPS) is 14.9. The summed E-state index contributed by atoms with van der Waals surface area (Å²) in [5, 5.41) is 14.2. The number of allylic oxidation sites excluding steroid dienone is 1. The first-order chi connectivity index (χ1) is 12.1. The summed E-state index contributed by atoms with van der Waals surface area (Å²) in [5.41, 5.74) is 2.58. The molecule has 3 rings (SSSR count). The zero-order valence-electron chi connectivity index (χ0n) is 13.8. The molecule has 2 aromatic carbocycles. The first kappa shape index (κ1) is 16.7. The SMILES string of the molecule is CCOc1ccc(N/C=C2/CCc3ccccc3C2=O)c([N+](=O)[O-])c1. The fraction of sp³-hybridized carbons (Fsp3) is 0.211. The Bertz CT molecular complexity index is 858. The van der Waals surface area contributed by atoms with E-state index in [4.69, 9.17) is 4.74 Å². The van der Waals surface area contributed by atoms with Crippen LogP contribution in [0.2, 0.25) is 0 Å². The molecule has 0 amide bonds. The van der Waals surface area contributed by atoms with Gasteiger partial charge >= 0.3 is 0 Å². The molecule has 1 aliphatic rings. The summed E-state index contributed by atoms with van der Waals surface area (Å²) in [7, 11) is 0. The fourth-order valence-corrected chi connectivity index (χ4v) is 2.86. The Morgan fingerprint density at radius 3 is 2.80 bits per heavy atom. The first-order valence-corrected chi connectivity index (χ1v) is 8.09. The number of ketones is 1. The number of benzene rings is 2. The van der Waals surface area contributed by atoms with Crippen molar-refractivity contribution in [2.24, 2.45) is 0 Å². The number of hydrogen-bond donors (Lipinski definition) is 1. The Balaban J connectivity index is 1.85. The number of hydrogen-bond acceptors (Lipinski definition) is 5. The van der Waals surface area contributed by atoms with Crippen molar-refractivity contribution in [1.82, 2.24) is 0 Å². The van der Waals surface area contributed by atoms with Gasteiger partial charge in [-0.3, -0.25) is 14.9 Å². The number of nitro benzene ring substituents is 1. The monoisotopic (exact) mass is 338 g/mol. The van der Waals surface area contributed by atoms with Crippen molar-refractivity contribution < 1.29 is 14.5 Å². The van der Waals surface area contributed by atoms with E-state index in [1.165, 1.54) is 6.07 Å². The minimum absolute atomic E-state index is 0.0389. The van der Waals surface area contributed by atoms with E-state index >= 15 is 0 Å². The molecule has 0 bridgehead atoms. The van der Waals surface area contributed by atoms with Crippen LogP contribution < -0.4 is 10.1 Å². The van der Waals surface area contributed by atoms with Gasteiger partial charge in [-0.05, 0) is 37.5 Å². The molecule has 6 nitrogen and oxygen atoms in total. The molecular weight excluding hydrogens is 320 g/mol. The van der Waals surface area contributed by atoms with Crippen LogP contribution in [-0.4, -0.2) is 17.3 Å². The van der Waals surface area contributed by atoms with Gasteiger partial charge in [0, 0.05) is 17.3 Å². The predicted octanol–water partition coefficient (Wildman–Crippen LogP) is 4.12. The maximum absolute atomic E-state index is 12.5. The lowest BCUT2D eigenvalue weighted by molar-refractivity contribution is -0.384. The lowest BCUT2D eigenvalue weighted by Gasteiger charge is -2.17. The Labute approximate surface area is 145 Å². The van der Waals surface area contributed by atoms with Crippen molar-refractivity contribution in [3.8, 4) is 5.75 Å². The highest BCUT2D eigenvalue weighted by atomic mass is 16.6. The third-order valence-electron chi connectivity index (χ3n) is 4.10. The van der Waals surface area contributed by atoms with E-state index in [-0.39, 0.29) is 11.5 Å². The summed E-state index contributed by atoms with van der Waals surface area (Å²) >= 11 is 0. The average Bonchev–Trinajstić information content (AvgIpc) is 2.62. The lowest BCUT2D eigenvalue weighted by atomic mass is 9.87. The molecule has 0 aromatic heterocycles. The molecule has 0 saturated heterocycles. The highest BCUT2D eigenvalue weighted by Gasteiger charge is 2.22. The second-order valence-corrected chi connectivity index (χ2v) is 5.67. The Morgan fingerprint density at radius 1 is 1.24 bits per heavy atom. The molecule has 0 spiro atoms. The van der Waals surface area contributed by atoms with Gasteiger partial charge in [0.05, 0.1) is 17.6 Å². The largest absolute Gasteiger partial charge is 0.494 e. The van der Waals surface area contributed by atoms with Crippen LogP contribution in [0.25, 0.3) is 0 Å². The number of nitrogens with zero attached hydrogens (tertiary/aromatic N) is 1. The van der Waals surface area contributed by atoms with Crippen LogP contribution in [0.1, 0.15) is 29.3 Å². The molecule has 2 aromatic rings. The molecule has 0 heterocycles. The summed E-state index contributed by atoms with van der Waals surface area (Å²) in [6.45, 7) is 2.25. The number of nitrogens with one attached hydrogen (secondary N) is 1. The van der Waals surface area contributed by atoms with Gasteiger partial charge in [0.2, 0.25) is 0 Å². The van der Waals surface area contributed by atoms with Gasteiger partial charge in [0.15, 0.2) is 5.78 Å². The number of fused-ring (bicyclic) bond motifs is 1. The van der Waals surface area contributed by atoms with Gasteiger partial charge in [-0.15, -0.1) is 0 Å². The molecule has 1 N–H and O–H groups in total. The van der Waals surface area contributed by atoms with Crippen LogP contribution in [0.4, 0.5) is 11.4 Å². The summed E-state index contributed by atoms with van der Waals surface area (Å²) in [6, 6.07) is 12.1. The number of carbonyl (C=O) groups is 1. The molecule has 6 heteroatoms. The molecule has 0 aliphatic heterocycles. The van der Waals surface area contributed by atoms with E-state index in [1.807, 2.05) is 31.2 Å². The molecule has 0 radical (unpaired) electrons. The van der Waals surface area contributed by atoms with Crippen LogP contribution in [0, 0.1) is 10.1 Å². The number of rotatable bonds is 5. The van der Waals surface area contributed by atoms with E-state index in [0.29, 0.717) is 35.6 Å². The molecule has 25 heavy (non-hydrogen) atoms. The zero-order chi connectivity index (χ0) is 17.8. The van der Waals surface area contributed by atoms with Crippen LogP contribution in [0.5, 0.6) is 5.75 Å². The molecule has 128 valence electrons. The Kier molecular flexibility index (Phi) is 4.79. The van der Waals surface area contributed by atoms with Crippen molar-refractivity contribution in [3.05, 3.63) is 75.5 Å². The molecular formula is C19H18N2O4. The summed E-state index contributed by atoms with van der Waals surface area (Å²) in [5.74, 6) is 0.401. The highest BCUT2D eigenvalue weighted by molar-refractivity contribution is 6.10. The van der Waals surface area contributed by atoms with Crippen molar-refractivity contribution >= 4 is 17.2 Å². The molecule has 0 atom stereocenters. The smallest absolute Gasteiger partial charge is 0.296 e. The zero-order valence-corrected chi connectivity index (χ0v) is 13.8.